The molecule has 14 heavy (non-hydrogen) atoms. The normalized spacial score (nSPS) is 14.4. The first-order chi connectivity index (χ1) is 6.59. The van der Waals surface area contributed by atoms with Gasteiger partial charge in [0.05, 0.1) is 11.5 Å². The predicted molar refractivity (Wildman–Crippen MR) is 57.7 cm³/mol. The van der Waals surface area contributed by atoms with E-state index in [-0.39, 0.29) is 0 Å². The molecule has 0 amide bonds. The first-order valence-electron chi connectivity index (χ1n) is 4.76. The fourth-order valence-corrected chi connectivity index (χ4v) is 1.31. The van der Waals surface area contributed by atoms with Gasteiger partial charge in [-0.05, 0) is 25.8 Å². The Morgan fingerprint density at radius 2 is 1.93 bits per heavy atom. The lowest BCUT2D eigenvalue weighted by molar-refractivity contribution is 0.452. The van der Waals surface area contributed by atoms with E-state index in [1.54, 1.807) is 0 Å². The summed E-state index contributed by atoms with van der Waals surface area (Å²) in [7, 11) is 0. The van der Waals surface area contributed by atoms with Crippen molar-refractivity contribution in [3.63, 3.8) is 0 Å². The van der Waals surface area contributed by atoms with Crippen LogP contribution in [0.3, 0.4) is 0 Å². The maximum atomic E-state index is 8.97. The topological polar surface area (TPSA) is 49.8 Å². The molecule has 0 spiro atoms. The molecule has 0 aliphatic heterocycles. The van der Waals surface area contributed by atoms with Crippen molar-refractivity contribution in [2.45, 2.75) is 20.3 Å². The van der Waals surface area contributed by atoms with Crippen LogP contribution in [0.25, 0.3) is 0 Å². The van der Waals surface area contributed by atoms with Gasteiger partial charge >= 0.3 is 0 Å². The molecule has 1 aromatic rings. The summed E-state index contributed by atoms with van der Waals surface area (Å²) in [6.07, 6.45) is 0.722. The van der Waals surface area contributed by atoms with E-state index >= 15 is 0 Å². The minimum Gasteiger partial charge on any atom is -0.329 e. The van der Waals surface area contributed by atoms with Crippen molar-refractivity contribution in [2.24, 2.45) is 11.1 Å². The molecular formula is C12H16N2. The molecule has 0 radical (unpaired) electrons. The number of nitriles is 1. The standard InChI is InChI=1S/C12H16N2/c1-10-3-5-11(6-4-10)7-12(2,8-13)9-14/h3-6H,7-8,13H2,1-2H3. The van der Waals surface area contributed by atoms with Crippen LogP contribution in [0.4, 0.5) is 0 Å². The summed E-state index contributed by atoms with van der Waals surface area (Å²) in [6, 6.07) is 10.5. The Morgan fingerprint density at radius 1 is 1.36 bits per heavy atom. The lowest BCUT2D eigenvalue weighted by atomic mass is 9.85. The summed E-state index contributed by atoms with van der Waals surface area (Å²) in [6.45, 7) is 4.35. The Kier molecular flexibility index (Phi) is 3.27. The van der Waals surface area contributed by atoms with Crippen LogP contribution in [0.5, 0.6) is 0 Å². The molecule has 0 aromatic heterocycles. The first-order valence-corrected chi connectivity index (χ1v) is 4.76. The highest BCUT2D eigenvalue weighted by Crippen LogP contribution is 2.20. The summed E-state index contributed by atoms with van der Waals surface area (Å²) in [4.78, 5) is 0. The van der Waals surface area contributed by atoms with Crippen LogP contribution in [0.2, 0.25) is 0 Å². The summed E-state index contributed by atoms with van der Waals surface area (Å²) in [5.74, 6) is 0. The van der Waals surface area contributed by atoms with Gasteiger partial charge < -0.3 is 5.73 Å². The number of rotatable bonds is 3. The van der Waals surface area contributed by atoms with Gasteiger partial charge in [-0.2, -0.15) is 5.26 Å². The Hall–Kier alpha value is -1.33. The van der Waals surface area contributed by atoms with Crippen LogP contribution >= 0.6 is 0 Å². The zero-order valence-corrected chi connectivity index (χ0v) is 8.75. The second-order valence-corrected chi connectivity index (χ2v) is 4.04. The number of hydrogen-bond donors (Lipinski definition) is 1. The van der Waals surface area contributed by atoms with Crippen molar-refractivity contribution in [3.8, 4) is 6.07 Å². The molecule has 2 N–H and O–H groups in total. The van der Waals surface area contributed by atoms with Gasteiger partial charge in [-0.1, -0.05) is 29.8 Å². The molecule has 0 bridgehead atoms. The molecule has 0 aliphatic rings. The molecular weight excluding hydrogens is 172 g/mol. The van der Waals surface area contributed by atoms with Gasteiger partial charge in [-0.15, -0.1) is 0 Å². The highest BCUT2D eigenvalue weighted by atomic mass is 14.6. The molecule has 1 atom stereocenters. The van der Waals surface area contributed by atoms with Gasteiger partial charge in [0.1, 0.15) is 0 Å². The van der Waals surface area contributed by atoms with Gasteiger partial charge in [0, 0.05) is 6.54 Å². The van der Waals surface area contributed by atoms with Crippen molar-refractivity contribution >= 4 is 0 Å². The van der Waals surface area contributed by atoms with Crippen LogP contribution in [0.15, 0.2) is 24.3 Å². The molecule has 74 valence electrons. The zero-order chi connectivity index (χ0) is 10.6. The largest absolute Gasteiger partial charge is 0.329 e. The Bertz CT molecular complexity index is 334. The number of nitrogens with zero attached hydrogens (tertiary/aromatic N) is 1. The first kappa shape index (κ1) is 10.7. The number of nitrogens with two attached hydrogens (primary N) is 1. The highest BCUT2D eigenvalue weighted by Gasteiger charge is 2.21. The van der Waals surface area contributed by atoms with Crippen molar-refractivity contribution < 1.29 is 0 Å². The number of benzene rings is 1. The lowest BCUT2D eigenvalue weighted by Crippen LogP contribution is -2.27. The van der Waals surface area contributed by atoms with E-state index in [4.69, 9.17) is 11.0 Å². The number of aryl methyl sites for hydroxylation is 1. The van der Waals surface area contributed by atoms with Crippen molar-refractivity contribution in [2.75, 3.05) is 6.54 Å². The van der Waals surface area contributed by atoms with Gasteiger partial charge in [0.15, 0.2) is 0 Å². The zero-order valence-electron chi connectivity index (χ0n) is 8.75. The molecule has 0 saturated heterocycles. The second kappa shape index (κ2) is 4.26. The van der Waals surface area contributed by atoms with Crippen LogP contribution in [0, 0.1) is 23.7 Å². The van der Waals surface area contributed by atoms with Gasteiger partial charge in [-0.3, -0.25) is 0 Å². The summed E-state index contributed by atoms with van der Waals surface area (Å²) >= 11 is 0. The monoisotopic (exact) mass is 188 g/mol. The average molecular weight is 188 g/mol. The van der Waals surface area contributed by atoms with E-state index < -0.39 is 5.41 Å². The molecule has 0 saturated carbocycles. The third-order valence-electron chi connectivity index (χ3n) is 2.44. The maximum Gasteiger partial charge on any atom is 0.0708 e. The predicted octanol–water partition coefficient (Wildman–Crippen LogP) is 2.03. The molecule has 1 unspecified atom stereocenters. The SMILES string of the molecule is Cc1ccc(CC(C)(C#N)CN)cc1. The Morgan fingerprint density at radius 3 is 2.36 bits per heavy atom. The Labute approximate surface area is 85.4 Å². The molecule has 0 heterocycles. The third kappa shape index (κ3) is 2.58. The molecule has 0 fully saturated rings. The van der Waals surface area contributed by atoms with Gasteiger partial charge in [0.25, 0.3) is 0 Å². The molecule has 2 heteroatoms. The van der Waals surface area contributed by atoms with E-state index in [9.17, 15) is 0 Å². The molecule has 1 rings (SSSR count). The molecule has 1 aromatic carbocycles. The average Bonchev–Trinajstić information content (AvgIpc) is 2.21. The van der Waals surface area contributed by atoms with Crippen LogP contribution in [-0.4, -0.2) is 6.54 Å². The minimum absolute atomic E-state index is 0.400. The third-order valence-corrected chi connectivity index (χ3v) is 2.44. The van der Waals surface area contributed by atoms with Crippen molar-refractivity contribution in [1.82, 2.24) is 0 Å². The minimum atomic E-state index is -0.435. The quantitative estimate of drug-likeness (QED) is 0.789. The van der Waals surface area contributed by atoms with Crippen LogP contribution in [0.1, 0.15) is 18.1 Å². The second-order valence-electron chi connectivity index (χ2n) is 4.04. The molecule has 0 aliphatic carbocycles. The van der Waals surface area contributed by atoms with E-state index in [1.807, 2.05) is 6.92 Å². The molecule has 2 nitrogen and oxygen atoms in total. The van der Waals surface area contributed by atoms with E-state index in [2.05, 4.69) is 37.3 Å². The van der Waals surface area contributed by atoms with Crippen molar-refractivity contribution in [1.29, 1.82) is 5.26 Å². The van der Waals surface area contributed by atoms with Crippen LogP contribution < -0.4 is 5.73 Å². The van der Waals surface area contributed by atoms with Gasteiger partial charge in [0.2, 0.25) is 0 Å². The smallest absolute Gasteiger partial charge is 0.0708 e. The van der Waals surface area contributed by atoms with E-state index in [0.29, 0.717) is 6.54 Å². The Balaban J connectivity index is 2.79. The number of hydrogen-bond acceptors (Lipinski definition) is 2. The lowest BCUT2D eigenvalue weighted by Gasteiger charge is -2.18. The highest BCUT2D eigenvalue weighted by molar-refractivity contribution is 5.23. The van der Waals surface area contributed by atoms with Gasteiger partial charge in [-0.25, -0.2) is 0 Å². The van der Waals surface area contributed by atoms with Crippen LogP contribution in [-0.2, 0) is 6.42 Å². The summed E-state index contributed by atoms with van der Waals surface area (Å²) in [5.41, 5.74) is 7.55. The maximum absolute atomic E-state index is 8.97. The van der Waals surface area contributed by atoms with E-state index in [0.717, 1.165) is 6.42 Å². The fraction of sp³-hybridized carbons (Fsp3) is 0.417. The summed E-state index contributed by atoms with van der Waals surface area (Å²) in [5, 5.41) is 8.97. The van der Waals surface area contributed by atoms with E-state index in [1.165, 1.54) is 11.1 Å². The van der Waals surface area contributed by atoms with Crippen molar-refractivity contribution in [3.05, 3.63) is 35.4 Å². The summed E-state index contributed by atoms with van der Waals surface area (Å²) < 4.78 is 0. The fourth-order valence-electron chi connectivity index (χ4n) is 1.31.